The summed E-state index contributed by atoms with van der Waals surface area (Å²) in [5.41, 5.74) is 0.683. The topological polar surface area (TPSA) is 98.3 Å². The summed E-state index contributed by atoms with van der Waals surface area (Å²) in [6.07, 6.45) is 5.55. The Morgan fingerprint density at radius 1 is 1.60 bits per heavy atom. The maximum atomic E-state index is 12.1. The Bertz CT molecular complexity index is 456. The van der Waals surface area contributed by atoms with E-state index in [9.17, 15) is 14.7 Å². The van der Waals surface area contributed by atoms with Gasteiger partial charge in [0.1, 0.15) is 6.04 Å². The lowest BCUT2D eigenvalue weighted by atomic mass is 10.1. The van der Waals surface area contributed by atoms with Crippen molar-refractivity contribution in [1.82, 2.24) is 20.2 Å². The molecule has 0 saturated heterocycles. The summed E-state index contributed by atoms with van der Waals surface area (Å²) < 4.78 is 0. The molecule has 7 nitrogen and oxygen atoms in total. The van der Waals surface area contributed by atoms with Gasteiger partial charge >= 0.3 is 12.0 Å². The van der Waals surface area contributed by atoms with Crippen LogP contribution in [-0.4, -0.2) is 51.1 Å². The smallest absolute Gasteiger partial charge is 0.326 e. The Kier molecular flexibility index (Phi) is 4.60. The molecular formula is C13H20N4O3. The van der Waals surface area contributed by atoms with Gasteiger partial charge in [-0.05, 0) is 25.7 Å². The summed E-state index contributed by atoms with van der Waals surface area (Å²) >= 11 is 0. The van der Waals surface area contributed by atoms with Crippen molar-refractivity contribution in [3.05, 3.63) is 18.2 Å². The number of carbonyl (C=O) groups excluding carboxylic acids is 1. The fourth-order valence-electron chi connectivity index (χ4n) is 2.02. The molecule has 1 aliphatic rings. The highest BCUT2D eigenvalue weighted by atomic mass is 16.4. The fourth-order valence-corrected chi connectivity index (χ4v) is 2.02. The van der Waals surface area contributed by atoms with E-state index in [-0.39, 0.29) is 12.5 Å². The van der Waals surface area contributed by atoms with Gasteiger partial charge in [0.05, 0.1) is 6.33 Å². The van der Waals surface area contributed by atoms with Crippen LogP contribution in [-0.2, 0) is 11.2 Å². The first-order valence-electron chi connectivity index (χ1n) is 6.85. The van der Waals surface area contributed by atoms with Crippen LogP contribution in [0.25, 0.3) is 0 Å². The quantitative estimate of drug-likeness (QED) is 0.689. The fraction of sp³-hybridized carbons (Fsp3) is 0.615. The standard InChI is InChI=1S/C13H20N4O3/c1-2-17(7-9-3-4-9)13(20)16-11(12(18)19)5-10-6-14-8-15-10/h6,8-9,11H,2-5,7H2,1H3,(H,14,15)(H,16,20)(H,18,19)/t11-/m1/s1. The highest BCUT2D eigenvalue weighted by molar-refractivity contribution is 5.82. The number of rotatable bonds is 7. The SMILES string of the molecule is CCN(CC1CC1)C(=O)N[C@H](Cc1cnc[nH]1)C(=O)O. The number of carboxylic acids is 1. The maximum Gasteiger partial charge on any atom is 0.326 e. The van der Waals surface area contributed by atoms with Gasteiger partial charge in [0.25, 0.3) is 0 Å². The van der Waals surface area contributed by atoms with Gasteiger partial charge in [-0.25, -0.2) is 14.6 Å². The maximum absolute atomic E-state index is 12.1. The predicted octanol–water partition coefficient (Wildman–Crippen LogP) is 0.847. The molecule has 0 radical (unpaired) electrons. The normalized spacial score (nSPS) is 15.7. The lowest BCUT2D eigenvalue weighted by Crippen LogP contribution is -2.49. The minimum Gasteiger partial charge on any atom is -0.480 e. The minimum absolute atomic E-state index is 0.196. The van der Waals surface area contributed by atoms with Crippen molar-refractivity contribution in [2.45, 2.75) is 32.2 Å². The van der Waals surface area contributed by atoms with E-state index in [0.717, 1.165) is 12.8 Å². The second-order valence-electron chi connectivity index (χ2n) is 5.10. The van der Waals surface area contributed by atoms with Crippen molar-refractivity contribution < 1.29 is 14.7 Å². The second kappa shape index (κ2) is 6.40. The van der Waals surface area contributed by atoms with E-state index in [1.165, 1.54) is 6.33 Å². The zero-order valence-electron chi connectivity index (χ0n) is 11.5. The van der Waals surface area contributed by atoms with Crippen LogP contribution < -0.4 is 5.32 Å². The van der Waals surface area contributed by atoms with Crippen LogP contribution in [0, 0.1) is 5.92 Å². The Hall–Kier alpha value is -2.05. The van der Waals surface area contributed by atoms with E-state index in [1.807, 2.05) is 6.92 Å². The Morgan fingerprint density at radius 3 is 2.85 bits per heavy atom. The molecule has 0 aromatic carbocycles. The molecule has 1 aliphatic carbocycles. The molecule has 0 bridgehead atoms. The number of imidazole rings is 1. The highest BCUT2D eigenvalue weighted by Gasteiger charge is 2.28. The van der Waals surface area contributed by atoms with Gasteiger partial charge in [0.2, 0.25) is 0 Å². The van der Waals surface area contributed by atoms with E-state index >= 15 is 0 Å². The molecule has 1 saturated carbocycles. The third-order valence-electron chi connectivity index (χ3n) is 3.42. The number of carbonyl (C=O) groups is 2. The van der Waals surface area contributed by atoms with E-state index in [1.54, 1.807) is 11.1 Å². The number of nitrogens with zero attached hydrogens (tertiary/aromatic N) is 2. The number of aromatic amines is 1. The molecule has 1 aromatic rings. The molecule has 7 heteroatoms. The molecule has 110 valence electrons. The molecule has 0 unspecified atom stereocenters. The summed E-state index contributed by atoms with van der Waals surface area (Å²) in [4.78, 5) is 31.7. The van der Waals surface area contributed by atoms with Crippen molar-refractivity contribution in [2.24, 2.45) is 5.92 Å². The van der Waals surface area contributed by atoms with Gasteiger partial charge in [-0.15, -0.1) is 0 Å². The molecule has 0 spiro atoms. The number of amides is 2. The van der Waals surface area contributed by atoms with Crippen LogP contribution in [0.4, 0.5) is 4.79 Å². The zero-order chi connectivity index (χ0) is 14.5. The van der Waals surface area contributed by atoms with Crippen LogP contribution in [0.1, 0.15) is 25.5 Å². The molecule has 1 fully saturated rings. The number of hydrogen-bond donors (Lipinski definition) is 3. The van der Waals surface area contributed by atoms with Gasteiger partial charge in [-0.2, -0.15) is 0 Å². The van der Waals surface area contributed by atoms with Gasteiger partial charge in [-0.1, -0.05) is 0 Å². The summed E-state index contributed by atoms with van der Waals surface area (Å²) in [5, 5.41) is 11.8. The van der Waals surface area contributed by atoms with E-state index in [2.05, 4.69) is 15.3 Å². The Labute approximate surface area is 117 Å². The van der Waals surface area contributed by atoms with Crippen LogP contribution >= 0.6 is 0 Å². The summed E-state index contributed by atoms with van der Waals surface area (Å²) in [6, 6.07) is -1.26. The van der Waals surface area contributed by atoms with E-state index in [4.69, 9.17) is 0 Å². The molecule has 1 aromatic heterocycles. The predicted molar refractivity (Wildman–Crippen MR) is 72.2 cm³/mol. The average molecular weight is 280 g/mol. The van der Waals surface area contributed by atoms with Crippen LogP contribution in [0.3, 0.4) is 0 Å². The summed E-state index contributed by atoms with van der Waals surface area (Å²) in [5.74, 6) is -0.466. The number of aliphatic carboxylic acids is 1. The van der Waals surface area contributed by atoms with E-state index in [0.29, 0.717) is 24.7 Å². The number of aromatic nitrogens is 2. The van der Waals surface area contributed by atoms with Crippen LogP contribution in [0.5, 0.6) is 0 Å². The Balaban J connectivity index is 1.92. The van der Waals surface area contributed by atoms with Crippen molar-refractivity contribution in [3.63, 3.8) is 0 Å². The number of hydrogen-bond acceptors (Lipinski definition) is 3. The first kappa shape index (κ1) is 14.4. The largest absolute Gasteiger partial charge is 0.480 e. The van der Waals surface area contributed by atoms with Crippen molar-refractivity contribution in [1.29, 1.82) is 0 Å². The number of H-pyrrole nitrogens is 1. The van der Waals surface area contributed by atoms with Crippen molar-refractivity contribution in [2.75, 3.05) is 13.1 Å². The molecule has 2 rings (SSSR count). The van der Waals surface area contributed by atoms with Gasteiger partial charge in [-0.3, -0.25) is 0 Å². The lowest BCUT2D eigenvalue weighted by molar-refractivity contribution is -0.139. The number of carboxylic acid groups (broad SMARTS) is 1. The summed E-state index contributed by atoms with van der Waals surface area (Å²) in [6.45, 7) is 3.18. The van der Waals surface area contributed by atoms with Gasteiger partial charge in [0.15, 0.2) is 0 Å². The van der Waals surface area contributed by atoms with Crippen molar-refractivity contribution >= 4 is 12.0 Å². The van der Waals surface area contributed by atoms with Crippen molar-refractivity contribution in [3.8, 4) is 0 Å². The highest BCUT2D eigenvalue weighted by Crippen LogP contribution is 2.29. The number of urea groups is 1. The van der Waals surface area contributed by atoms with Gasteiger partial charge < -0.3 is 20.3 Å². The molecule has 20 heavy (non-hydrogen) atoms. The molecule has 1 atom stereocenters. The molecule has 1 heterocycles. The molecular weight excluding hydrogens is 260 g/mol. The van der Waals surface area contributed by atoms with E-state index < -0.39 is 12.0 Å². The lowest BCUT2D eigenvalue weighted by Gasteiger charge is -2.23. The first-order valence-corrected chi connectivity index (χ1v) is 6.85. The minimum atomic E-state index is -1.05. The summed E-state index contributed by atoms with van der Waals surface area (Å²) in [7, 11) is 0. The second-order valence-corrected chi connectivity index (χ2v) is 5.10. The molecule has 3 N–H and O–H groups in total. The molecule has 2 amide bonds. The van der Waals surface area contributed by atoms with Crippen LogP contribution in [0.2, 0.25) is 0 Å². The molecule has 0 aliphatic heterocycles. The van der Waals surface area contributed by atoms with Crippen LogP contribution in [0.15, 0.2) is 12.5 Å². The third-order valence-corrected chi connectivity index (χ3v) is 3.42. The Morgan fingerprint density at radius 2 is 2.35 bits per heavy atom. The third kappa shape index (κ3) is 3.97. The monoisotopic (exact) mass is 280 g/mol. The first-order chi connectivity index (χ1) is 9.60. The number of nitrogens with one attached hydrogen (secondary N) is 2. The zero-order valence-corrected chi connectivity index (χ0v) is 11.5. The van der Waals surface area contributed by atoms with Gasteiger partial charge in [0, 0.05) is 31.4 Å². The average Bonchev–Trinajstić information content (AvgIpc) is 3.09.